The number of anilines is 1. The summed E-state index contributed by atoms with van der Waals surface area (Å²) in [7, 11) is -0.407. The zero-order chi connectivity index (χ0) is 19.6. The van der Waals surface area contributed by atoms with Gasteiger partial charge in [0.2, 0.25) is 10.0 Å². The summed E-state index contributed by atoms with van der Waals surface area (Å²) in [5.74, 6) is 0.108. The van der Waals surface area contributed by atoms with Crippen LogP contribution in [0, 0.1) is 5.92 Å². The first-order chi connectivity index (χ1) is 12.8. The number of β-amino-alcohol motifs (C(OH)–C–C–N with tert-alkyl or cyclic N) is 1. The Balaban J connectivity index is 1.71. The number of carbonyl (C=O) groups excluding carboxylic acids is 1. The molecule has 150 valence electrons. The molecule has 27 heavy (non-hydrogen) atoms. The van der Waals surface area contributed by atoms with E-state index < -0.39 is 16.1 Å². The molecule has 2 aliphatic rings. The second-order valence-corrected chi connectivity index (χ2v) is 9.78. The first kappa shape index (κ1) is 20.0. The molecule has 0 spiro atoms. The number of aliphatic hydroxyl groups excluding tert-OH is 1. The molecular formula is C18H28N4O4S. The van der Waals surface area contributed by atoms with E-state index in [2.05, 4.69) is 4.98 Å². The molecule has 0 radical (unpaired) electrons. The molecular weight excluding hydrogens is 368 g/mol. The van der Waals surface area contributed by atoms with Crippen molar-refractivity contribution in [1.82, 2.24) is 14.2 Å². The maximum Gasteiger partial charge on any atom is 0.254 e. The van der Waals surface area contributed by atoms with Gasteiger partial charge in [0.05, 0.1) is 11.9 Å². The Bertz CT molecular complexity index is 777. The maximum absolute atomic E-state index is 12.7. The topological polar surface area (TPSA) is 94.1 Å². The first-order valence-corrected chi connectivity index (χ1v) is 11.0. The Morgan fingerprint density at radius 1 is 1.26 bits per heavy atom. The van der Waals surface area contributed by atoms with Gasteiger partial charge in [0.25, 0.3) is 5.91 Å². The summed E-state index contributed by atoms with van der Waals surface area (Å²) in [5, 5.41) is 10.3. The summed E-state index contributed by atoms with van der Waals surface area (Å²) in [5.41, 5.74) is 0.584. The number of pyridine rings is 1. The molecule has 2 saturated heterocycles. The minimum atomic E-state index is -3.39. The van der Waals surface area contributed by atoms with Gasteiger partial charge in [-0.1, -0.05) is 0 Å². The SMILES string of the molecule is CN(C)S(=O)(=O)C[C@@H]1CN(c2cc(C(=O)N3CCCCC3)ccn2)C[C@@H]1O. The molecule has 1 aromatic heterocycles. The molecule has 2 fully saturated rings. The van der Waals surface area contributed by atoms with Crippen LogP contribution < -0.4 is 4.90 Å². The van der Waals surface area contributed by atoms with Gasteiger partial charge in [-0.15, -0.1) is 0 Å². The molecule has 0 aromatic carbocycles. The van der Waals surface area contributed by atoms with Crippen molar-refractivity contribution in [3.05, 3.63) is 23.9 Å². The smallest absolute Gasteiger partial charge is 0.254 e. The monoisotopic (exact) mass is 396 g/mol. The van der Waals surface area contributed by atoms with E-state index in [0.29, 0.717) is 24.5 Å². The van der Waals surface area contributed by atoms with E-state index in [0.717, 1.165) is 32.4 Å². The standard InChI is InChI=1S/C18H28N4O4S/c1-20(2)27(25,26)13-15-11-22(12-16(15)23)17-10-14(6-7-19-17)18(24)21-8-4-3-5-9-21/h6-7,10,15-16,23H,3-5,8-9,11-13H2,1-2H3/t15-,16-/m0/s1. The Labute approximate surface area is 160 Å². The number of piperidine rings is 1. The number of aromatic nitrogens is 1. The summed E-state index contributed by atoms with van der Waals surface area (Å²) < 4.78 is 25.4. The molecule has 9 heteroatoms. The third-order valence-electron chi connectivity index (χ3n) is 5.35. The first-order valence-electron chi connectivity index (χ1n) is 9.36. The molecule has 0 aliphatic carbocycles. The molecule has 0 bridgehead atoms. The van der Waals surface area contributed by atoms with Gasteiger partial charge in [-0.2, -0.15) is 0 Å². The van der Waals surface area contributed by atoms with Crippen LogP contribution in [0.25, 0.3) is 0 Å². The van der Waals surface area contributed by atoms with Crippen LogP contribution in [0.1, 0.15) is 29.6 Å². The Kier molecular flexibility index (Phi) is 6.02. The molecule has 0 unspecified atom stereocenters. The highest BCUT2D eigenvalue weighted by atomic mass is 32.2. The van der Waals surface area contributed by atoms with E-state index in [1.807, 2.05) is 9.80 Å². The van der Waals surface area contributed by atoms with E-state index in [1.54, 1.807) is 18.3 Å². The molecule has 2 aliphatic heterocycles. The molecule has 1 aromatic rings. The lowest BCUT2D eigenvalue weighted by Gasteiger charge is -2.27. The van der Waals surface area contributed by atoms with Crippen molar-refractivity contribution in [3.8, 4) is 0 Å². The fourth-order valence-corrected chi connectivity index (χ4v) is 4.80. The number of carbonyl (C=O) groups is 1. The molecule has 2 atom stereocenters. The number of hydrogen-bond acceptors (Lipinski definition) is 6. The van der Waals surface area contributed by atoms with Crippen LogP contribution in [-0.4, -0.2) is 85.8 Å². The largest absolute Gasteiger partial charge is 0.391 e. The Hall–Kier alpha value is -1.71. The predicted molar refractivity (Wildman–Crippen MR) is 103 cm³/mol. The van der Waals surface area contributed by atoms with E-state index >= 15 is 0 Å². The minimum absolute atomic E-state index is 0.00447. The van der Waals surface area contributed by atoms with Crippen molar-refractivity contribution in [3.63, 3.8) is 0 Å². The van der Waals surface area contributed by atoms with Gasteiger partial charge in [-0.3, -0.25) is 4.79 Å². The van der Waals surface area contributed by atoms with E-state index in [9.17, 15) is 18.3 Å². The Morgan fingerprint density at radius 3 is 2.63 bits per heavy atom. The lowest BCUT2D eigenvalue weighted by Crippen LogP contribution is -2.35. The van der Waals surface area contributed by atoms with Crippen LogP contribution in [0.3, 0.4) is 0 Å². The van der Waals surface area contributed by atoms with Crippen molar-refractivity contribution < 1.29 is 18.3 Å². The van der Waals surface area contributed by atoms with E-state index in [-0.39, 0.29) is 17.6 Å². The molecule has 1 N–H and O–H groups in total. The van der Waals surface area contributed by atoms with Gasteiger partial charge in [0.15, 0.2) is 0 Å². The molecule has 3 heterocycles. The summed E-state index contributed by atoms with van der Waals surface area (Å²) in [4.78, 5) is 20.8. The van der Waals surface area contributed by atoms with Gasteiger partial charge >= 0.3 is 0 Å². The normalized spacial score (nSPS) is 23.9. The third kappa shape index (κ3) is 4.59. The highest BCUT2D eigenvalue weighted by molar-refractivity contribution is 7.89. The van der Waals surface area contributed by atoms with E-state index in [1.165, 1.54) is 18.4 Å². The van der Waals surface area contributed by atoms with Crippen molar-refractivity contribution in [1.29, 1.82) is 0 Å². The van der Waals surface area contributed by atoms with Crippen molar-refractivity contribution >= 4 is 21.7 Å². The molecule has 3 rings (SSSR count). The van der Waals surface area contributed by atoms with Crippen LogP contribution >= 0.6 is 0 Å². The third-order valence-corrected chi connectivity index (χ3v) is 7.31. The highest BCUT2D eigenvalue weighted by Crippen LogP contribution is 2.25. The number of rotatable bonds is 5. The number of likely N-dealkylation sites (tertiary alicyclic amines) is 1. The number of aliphatic hydroxyl groups is 1. The van der Waals surface area contributed by atoms with Crippen molar-refractivity contribution in [2.24, 2.45) is 5.92 Å². The lowest BCUT2D eigenvalue weighted by molar-refractivity contribution is 0.0724. The molecule has 8 nitrogen and oxygen atoms in total. The van der Waals surface area contributed by atoms with Gasteiger partial charge < -0.3 is 14.9 Å². The molecule has 0 saturated carbocycles. The average molecular weight is 397 g/mol. The fourth-order valence-electron chi connectivity index (χ4n) is 3.63. The Morgan fingerprint density at radius 2 is 1.96 bits per heavy atom. The van der Waals surface area contributed by atoms with Crippen LogP contribution in [0.15, 0.2) is 18.3 Å². The number of nitrogens with zero attached hydrogens (tertiary/aromatic N) is 4. The van der Waals surface area contributed by atoms with Crippen LogP contribution in [-0.2, 0) is 10.0 Å². The van der Waals surface area contributed by atoms with Crippen molar-refractivity contribution in [2.75, 3.05) is 50.9 Å². The predicted octanol–water partition coefficient (Wildman–Crippen LogP) is 0.396. The second kappa shape index (κ2) is 8.12. The summed E-state index contributed by atoms with van der Waals surface area (Å²) in [6.07, 6.45) is 4.08. The quantitative estimate of drug-likeness (QED) is 0.774. The highest BCUT2D eigenvalue weighted by Gasteiger charge is 2.36. The number of hydrogen-bond donors (Lipinski definition) is 1. The minimum Gasteiger partial charge on any atom is -0.391 e. The van der Waals surface area contributed by atoms with Gasteiger partial charge in [0.1, 0.15) is 5.82 Å². The number of sulfonamides is 1. The van der Waals surface area contributed by atoms with Crippen LogP contribution in [0.5, 0.6) is 0 Å². The summed E-state index contributed by atoms with van der Waals surface area (Å²) in [6, 6.07) is 3.45. The zero-order valence-electron chi connectivity index (χ0n) is 15.9. The fraction of sp³-hybridized carbons (Fsp3) is 0.667. The average Bonchev–Trinajstić information content (AvgIpc) is 3.02. The summed E-state index contributed by atoms with van der Waals surface area (Å²) in [6.45, 7) is 2.26. The zero-order valence-corrected chi connectivity index (χ0v) is 16.7. The second-order valence-electron chi connectivity index (χ2n) is 7.55. The summed E-state index contributed by atoms with van der Waals surface area (Å²) >= 11 is 0. The van der Waals surface area contributed by atoms with Crippen molar-refractivity contribution in [2.45, 2.75) is 25.4 Å². The van der Waals surface area contributed by atoms with Gasteiger partial charge in [0, 0.05) is 58.0 Å². The lowest BCUT2D eigenvalue weighted by atomic mass is 10.1. The van der Waals surface area contributed by atoms with Gasteiger partial charge in [-0.05, 0) is 31.4 Å². The maximum atomic E-state index is 12.7. The van der Waals surface area contributed by atoms with Crippen LogP contribution in [0.2, 0.25) is 0 Å². The molecule has 1 amide bonds. The number of amides is 1. The van der Waals surface area contributed by atoms with Gasteiger partial charge in [-0.25, -0.2) is 17.7 Å². The van der Waals surface area contributed by atoms with Crippen LogP contribution in [0.4, 0.5) is 5.82 Å². The van der Waals surface area contributed by atoms with E-state index in [4.69, 9.17) is 0 Å².